The fourth-order valence-corrected chi connectivity index (χ4v) is 3.49. The Kier molecular flexibility index (Phi) is 6.77. The Morgan fingerprint density at radius 1 is 0.967 bits per heavy atom. The Morgan fingerprint density at radius 3 is 2.30 bits per heavy atom. The van der Waals surface area contributed by atoms with Crippen molar-refractivity contribution >= 4 is 23.6 Å². The Hall–Kier alpha value is -3.28. The molecule has 3 aromatic rings. The van der Waals surface area contributed by atoms with Gasteiger partial charge in [-0.05, 0) is 69.8 Å². The number of aliphatic hydroxyl groups excluding tert-OH is 1. The third-order valence-electron chi connectivity index (χ3n) is 4.71. The molecule has 0 aliphatic rings. The first-order valence-electron chi connectivity index (χ1n) is 9.14. The highest BCUT2D eigenvalue weighted by molar-refractivity contribution is 6.32. The van der Waals surface area contributed by atoms with Crippen molar-refractivity contribution < 1.29 is 24.5 Å². The predicted octanol–water partition coefficient (Wildman–Crippen LogP) is 5.28. The molecule has 0 atom stereocenters. The Bertz CT molecular complexity index is 1100. The summed E-state index contributed by atoms with van der Waals surface area (Å²) in [4.78, 5) is 11.0. The van der Waals surface area contributed by atoms with Crippen LogP contribution in [-0.4, -0.2) is 30.4 Å². The maximum absolute atomic E-state index is 11.0. The van der Waals surface area contributed by atoms with Crippen LogP contribution in [0.3, 0.4) is 0 Å². The lowest BCUT2D eigenvalue weighted by atomic mass is 9.93. The molecule has 0 heterocycles. The van der Waals surface area contributed by atoms with Crippen molar-refractivity contribution in [3.8, 4) is 33.8 Å². The van der Waals surface area contributed by atoms with Gasteiger partial charge in [-0.2, -0.15) is 0 Å². The summed E-state index contributed by atoms with van der Waals surface area (Å²) in [6.45, 7) is -0.163. The van der Waals surface area contributed by atoms with Crippen molar-refractivity contribution in [3.63, 3.8) is 0 Å². The van der Waals surface area contributed by atoms with E-state index in [1.54, 1.807) is 32.4 Å². The van der Waals surface area contributed by atoms with Crippen LogP contribution in [0, 0.1) is 0 Å². The van der Waals surface area contributed by atoms with Crippen molar-refractivity contribution in [2.75, 3.05) is 14.2 Å². The number of hydrogen-bond acceptors (Lipinski definition) is 4. The van der Waals surface area contributed by atoms with Crippen molar-refractivity contribution in [2.24, 2.45) is 0 Å². The molecule has 0 radical (unpaired) electrons. The topological polar surface area (TPSA) is 76.0 Å². The summed E-state index contributed by atoms with van der Waals surface area (Å²) in [6, 6.07) is 16.6. The van der Waals surface area contributed by atoms with Gasteiger partial charge in [0.25, 0.3) is 0 Å². The van der Waals surface area contributed by atoms with Gasteiger partial charge in [0, 0.05) is 6.08 Å². The molecule has 5 nitrogen and oxygen atoms in total. The number of carboxylic acids is 1. The number of aliphatic carboxylic acids is 1. The van der Waals surface area contributed by atoms with E-state index in [1.807, 2.05) is 36.4 Å². The second kappa shape index (κ2) is 9.48. The number of ether oxygens (including phenoxy) is 2. The second-order valence-electron chi connectivity index (χ2n) is 6.50. The van der Waals surface area contributed by atoms with Crippen LogP contribution in [0.25, 0.3) is 28.3 Å². The third kappa shape index (κ3) is 4.64. The summed E-state index contributed by atoms with van der Waals surface area (Å²) in [7, 11) is 3.11. The van der Waals surface area contributed by atoms with E-state index in [0.29, 0.717) is 22.1 Å². The zero-order chi connectivity index (χ0) is 21.7. The Morgan fingerprint density at radius 2 is 1.67 bits per heavy atom. The minimum absolute atomic E-state index is 0.163. The van der Waals surface area contributed by atoms with Crippen LogP contribution in [0.2, 0.25) is 5.02 Å². The lowest BCUT2D eigenvalue weighted by molar-refractivity contribution is -0.131. The van der Waals surface area contributed by atoms with Crippen molar-refractivity contribution in [3.05, 3.63) is 76.8 Å². The van der Waals surface area contributed by atoms with Crippen LogP contribution in [0.5, 0.6) is 11.5 Å². The first kappa shape index (κ1) is 21.4. The molecule has 30 heavy (non-hydrogen) atoms. The molecule has 3 aromatic carbocycles. The molecule has 0 aromatic heterocycles. The van der Waals surface area contributed by atoms with Crippen LogP contribution >= 0.6 is 11.6 Å². The van der Waals surface area contributed by atoms with Gasteiger partial charge in [0.15, 0.2) is 0 Å². The average Bonchev–Trinajstić information content (AvgIpc) is 2.76. The lowest BCUT2D eigenvalue weighted by Gasteiger charge is -2.14. The van der Waals surface area contributed by atoms with Gasteiger partial charge < -0.3 is 19.7 Å². The molecule has 0 spiro atoms. The number of carboxylic acid groups (broad SMARTS) is 1. The second-order valence-corrected chi connectivity index (χ2v) is 6.91. The van der Waals surface area contributed by atoms with Crippen molar-refractivity contribution in [1.82, 2.24) is 0 Å². The quantitative estimate of drug-likeness (QED) is 0.504. The van der Waals surface area contributed by atoms with E-state index in [0.717, 1.165) is 33.9 Å². The maximum atomic E-state index is 11.0. The van der Waals surface area contributed by atoms with Crippen LogP contribution in [0.1, 0.15) is 11.1 Å². The first-order valence-corrected chi connectivity index (χ1v) is 9.51. The van der Waals surface area contributed by atoms with Crippen molar-refractivity contribution in [1.29, 1.82) is 0 Å². The summed E-state index contributed by atoms with van der Waals surface area (Å²) in [6.07, 6.45) is 2.61. The minimum Gasteiger partial charge on any atom is -0.497 e. The summed E-state index contributed by atoms with van der Waals surface area (Å²) in [5.41, 5.74) is 4.79. The molecule has 0 saturated heterocycles. The number of halogens is 1. The van der Waals surface area contributed by atoms with Gasteiger partial charge in [0.05, 0.1) is 25.8 Å². The van der Waals surface area contributed by atoms with E-state index < -0.39 is 5.97 Å². The Balaban J connectivity index is 2.09. The van der Waals surface area contributed by atoms with Gasteiger partial charge in [-0.15, -0.1) is 0 Å². The van der Waals surface area contributed by atoms with Gasteiger partial charge in [0.1, 0.15) is 11.5 Å². The fraction of sp³-hybridized carbons (Fsp3) is 0.125. The van der Waals surface area contributed by atoms with E-state index in [4.69, 9.17) is 26.2 Å². The smallest absolute Gasteiger partial charge is 0.328 e. The molecular formula is C24H21ClO5. The highest BCUT2D eigenvalue weighted by Gasteiger charge is 2.12. The zero-order valence-electron chi connectivity index (χ0n) is 16.6. The SMILES string of the molecule is COc1ccc(-c2ccc(-c3ccc(OC)c(Cl)c3)c(CO)c2)c(/C=C/C(=O)O)c1. The van der Waals surface area contributed by atoms with Gasteiger partial charge in [-0.25, -0.2) is 4.79 Å². The third-order valence-corrected chi connectivity index (χ3v) is 5.01. The number of hydrogen-bond donors (Lipinski definition) is 2. The molecule has 0 aliphatic heterocycles. The number of benzene rings is 3. The van der Waals surface area contributed by atoms with E-state index in [9.17, 15) is 9.90 Å². The van der Waals surface area contributed by atoms with Gasteiger partial charge >= 0.3 is 5.97 Å². The minimum atomic E-state index is -1.04. The molecule has 6 heteroatoms. The summed E-state index contributed by atoms with van der Waals surface area (Å²) < 4.78 is 10.5. The highest BCUT2D eigenvalue weighted by Crippen LogP contribution is 2.35. The highest BCUT2D eigenvalue weighted by atomic mass is 35.5. The predicted molar refractivity (Wildman–Crippen MR) is 118 cm³/mol. The molecule has 154 valence electrons. The summed E-state index contributed by atoms with van der Waals surface area (Å²) in [5, 5.41) is 19.5. The molecule has 0 fully saturated rings. The van der Waals surface area contributed by atoms with E-state index in [1.165, 1.54) is 6.08 Å². The zero-order valence-corrected chi connectivity index (χ0v) is 17.3. The normalized spacial score (nSPS) is 10.9. The number of rotatable bonds is 7. The van der Waals surface area contributed by atoms with E-state index >= 15 is 0 Å². The van der Waals surface area contributed by atoms with Gasteiger partial charge in [0.2, 0.25) is 0 Å². The van der Waals surface area contributed by atoms with E-state index in [-0.39, 0.29) is 6.61 Å². The standard InChI is InChI=1S/C24H21ClO5/c1-29-19-6-8-20(16(12-19)5-10-24(27)28)15-3-7-21(18(11-15)14-26)17-4-9-23(30-2)22(25)13-17/h3-13,26H,14H2,1-2H3,(H,27,28)/b10-5+. The van der Waals surface area contributed by atoms with E-state index in [2.05, 4.69) is 0 Å². The molecule has 0 aliphatic carbocycles. The summed E-state index contributed by atoms with van der Waals surface area (Å²) >= 11 is 6.26. The molecular weight excluding hydrogens is 404 g/mol. The van der Waals surface area contributed by atoms with Crippen molar-refractivity contribution in [2.45, 2.75) is 6.61 Å². The largest absolute Gasteiger partial charge is 0.497 e. The fourth-order valence-electron chi connectivity index (χ4n) is 3.24. The first-order chi connectivity index (χ1) is 14.5. The Labute approximate surface area is 179 Å². The average molecular weight is 425 g/mol. The number of methoxy groups -OCH3 is 2. The van der Waals surface area contributed by atoms with Crippen LogP contribution in [0.15, 0.2) is 60.7 Å². The number of aliphatic hydroxyl groups is 1. The van der Waals surface area contributed by atoms with Gasteiger partial charge in [-0.1, -0.05) is 35.9 Å². The molecule has 2 N–H and O–H groups in total. The van der Waals surface area contributed by atoms with Crippen LogP contribution in [0.4, 0.5) is 0 Å². The maximum Gasteiger partial charge on any atom is 0.328 e. The van der Waals surface area contributed by atoms with Gasteiger partial charge in [-0.3, -0.25) is 0 Å². The molecule has 0 amide bonds. The van der Waals surface area contributed by atoms with Crippen LogP contribution < -0.4 is 9.47 Å². The molecule has 0 unspecified atom stereocenters. The molecule has 0 saturated carbocycles. The van der Waals surface area contributed by atoms with Crippen LogP contribution in [-0.2, 0) is 11.4 Å². The lowest BCUT2D eigenvalue weighted by Crippen LogP contribution is -1.94. The monoisotopic (exact) mass is 424 g/mol. The summed E-state index contributed by atoms with van der Waals surface area (Å²) in [5.74, 6) is 0.165. The molecule has 0 bridgehead atoms. The number of carbonyl (C=O) groups is 1. The molecule has 3 rings (SSSR count).